The molecule has 0 saturated carbocycles. The number of ether oxygens (including phenoxy) is 1. The summed E-state index contributed by atoms with van der Waals surface area (Å²) in [4.78, 5) is 15.5. The van der Waals surface area contributed by atoms with E-state index in [0.29, 0.717) is 22.0 Å². The lowest BCUT2D eigenvalue weighted by Crippen LogP contribution is -2.01. The van der Waals surface area contributed by atoms with Gasteiger partial charge in [-0.1, -0.05) is 11.6 Å². The van der Waals surface area contributed by atoms with Crippen molar-refractivity contribution in [1.82, 2.24) is 4.98 Å². The van der Waals surface area contributed by atoms with Crippen LogP contribution in [0.5, 0.6) is 0 Å². The molecule has 0 aliphatic heterocycles. The van der Waals surface area contributed by atoms with E-state index in [9.17, 15) is 4.79 Å². The maximum atomic E-state index is 11.3. The molecule has 2 N–H and O–H groups in total. The van der Waals surface area contributed by atoms with Crippen LogP contribution in [-0.4, -0.2) is 18.1 Å². The van der Waals surface area contributed by atoms with Crippen molar-refractivity contribution in [2.45, 2.75) is 0 Å². The molecule has 92 valence electrons. The van der Waals surface area contributed by atoms with Gasteiger partial charge in [0.2, 0.25) is 0 Å². The van der Waals surface area contributed by atoms with Gasteiger partial charge in [0.1, 0.15) is 0 Å². The fourth-order valence-corrected chi connectivity index (χ4v) is 1.75. The molecule has 1 aromatic heterocycles. The lowest BCUT2D eigenvalue weighted by atomic mass is 10.1. The highest BCUT2D eigenvalue weighted by atomic mass is 35.5. The first kappa shape index (κ1) is 12.4. The molecule has 0 radical (unpaired) electrons. The van der Waals surface area contributed by atoms with Crippen molar-refractivity contribution in [2.24, 2.45) is 0 Å². The lowest BCUT2D eigenvalue weighted by Gasteiger charge is -2.05. The monoisotopic (exact) mass is 262 g/mol. The second-order valence-corrected chi connectivity index (χ2v) is 4.07. The van der Waals surface area contributed by atoms with Gasteiger partial charge in [-0.3, -0.25) is 4.98 Å². The molecule has 0 fully saturated rings. The van der Waals surface area contributed by atoms with Crippen LogP contribution in [0.25, 0.3) is 11.3 Å². The van der Waals surface area contributed by atoms with Gasteiger partial charge in [-0.15, -0.1) is 0 Å². The van der Waals surface area contributed by atoms with Crippen LogP contribution in [0.1, 0.15) is 10.4 Å². The number of methoxy groups -OCH3 is 1. The summed E-state index contributed by atoms with van der Waals surface area (Å²) in [7, 11) is 1.32. The topological polar surface area (TPSA) is 65.2 Å². The first-order chi connectivity index (χ1) is 8.61. The van der Waals surface area contributed by atoms with Crippen LogP contribution in [0.4, 0.5) is 5.69 Å². The number of halogens is 1. The van der Waals surface area contributed by atoms with Crippen LogP contribution >= 0.6 is 11.6 Å². The summed E-state index contributed by atoms with van der Waals surface area (Å²) in [5.74, 6) is -0.423. The number of hydrogen-bond acceptors (Lipinski definition) is 4. The predicted molar refractivity (Wildman–Crippen MR) is 70.4 cm³/mol. The molecule has 1 aromatic carbocycles. The van der Waals surface area contributed by atoms with Crippen molar-refractivity contribution in [3.05, 3.63) is 47.1 Å². The standard InChI is InChI=1S/C13H11ClN2O2/c1-18-13(17)8-2-5-12(16-7-8)10-6-9(15)3-4-11(10)14/h2-7H,15H2,1H3. The largest absolute Gasteiger partial charge is 0.465 e. The Labute approximate surface area is 109 Å². The number of anilines is 1. The molecule has 0 atom stereocenters. The summed E-state index contributed by atoms with van der Waals surface area (Å²) < 4.78 is 4.60. The van der Waals surface area contributed by atoms with Gasteiger partial charge in [0.05, 0.1) is 23.4 Å². The number of carbonyl (C=O) groups excluding carboxylic acids is 1. The third-order valence-electron chi connectivity index (χ3n) is 2.45. The number of esters is 1. The molecule has 5 heteroatoms. The van der Waals surface area contributed by atoms with E-state index in [1.165, 1.54) is 13.3 Å². The molecular weight excluding hydrogens is 252 g/mol. The molecule has 0 aliphatic rings. The quantitative estimate of drug-likeness (QED) is 0.668. The fourth-order valence-electron chi connectivity index (χ4n) is 1.53. The molecule has 1 heterocycles. The van der Waals surface area contributed by atoms with Crippen LogP contribution in [0.3, 0.4) is 0 Å². The minimum atomic E-state index is -0.423. The number of nitrogens with zero attached hydrogens (tertiary/aromatic N) is 1. The number of rotatable bonds is 2. The van der Waals surface area contributed by atoms with Gasteiger partial charge in [0, 0.05) is 17.4 Å². The summed E-state index contributed by atoms with van der Waals surface area (Å²) in [5, 5.41) is 0.558. The second-order valence-electron chi connectivity index (χ2n) is 3.66. The van der Waals surface area contributed by atoms with Crippen LogP contribution in [0.15, 0.2) is 36.5 Å². The van der Waals surface area contributed by atoms with Crippen molar-refractivity contribution in [1.29, 1.82) is 0 Å². The Balaban J connectivity index is 2.40. The molecule has 0 bridgehead atoms. The third kappa shape index (κ3) is 2.43. The molecule has 18 heavy (non-hydrogen) atoms. The molecule has 2 rings (SSSR count). The maximum Gasteiger partial charge on any atom is 0.339 e. The highest BCUT2D eigenvalue weighted by Crippen LogP contribution is 2.28. The van der Waals surface area contributed by atoms with Crippen LogP contribution in [0.2, 0.25) is 5.02 Å². The van der Waals surface area contributed by atoms with Gasteiger partial charge in [-0.25, -0.2) is 4.79 Å². The Morgan fingerprint density at radius 2 is 2.11 bits per heavy atom. The first-order valence-electron chi connectivity index (χ1n) is 5.21. The molecule has 0 unspecified atom stereocenters. The highest BCUT2D eigenvalue weighted by Gasteiger charge is 2.08. The Morgan fingerprint density at radius 1 is 1.33 bits per heavy atom. The third-order valence-corrected chi connectivity index (χ3v) is 2.78. The fraction of sp³-hybridized carbons (Fsp3) is 0.0769. The van der Waals surface area contributed by atoms with Crippen molar-refractivity contribution in [3.63, 3.8) is 0 Å². The Kier molecular flexibility index (Phi) is 3.48. The zero-order valence-electron chi connectivity index (χ0n) is 9.68. The molecule has 0 aliphatic carbocycles. The minimum absolute atomic E-state index is 0.390. The van der Waals surface area contributed by atoms with E-state index in [0.717, 1.165) is 5.56 Å². The molecule has 0 spiro atoms. The summed E-state index contributed by atoms with van der Waals surface area (Å²) in [6.07, 6.45) is 1.45. The Hall–Kier alpha value is -2.07. The normalized spacial score (nSPS) is 10.1. The van der Waals surface area contributed by atoms with E-state index in [1.54, 1.807) is 30.3 Å². The lowest BCUT2D eigenvalue weighted by molar-refractivity contribution is 0.0600. The van der Waals surface area contributed by atoms with Gasteiger partial charge in [-0.05, 0) is 30.3 Å². The maximum absolute atomic E-state index is 11.3. The number of pyridine rings is 1. The number of aromatic nitrogens is 1. The second kappa shape index (κ2) is 5.06. The average Bonchev–Trinajstić information content (AvgIpc) is 2.41. The highest BCUT2D eigenvalue weighted by molar-refractivity contribution is 6.33. The number of benzene rings is 1. The van der Waals surface area contributed by atoms with E-state index in [4.69, 9.17) is 17.3 Å². The van der Waals surface area contributed by atoms with Crippen LogP contribution in [-0.2, 0) is 4.74 Å². The molecule has 0 saturated heterocycles. The van der Waals surface area contributed by atoms with Crippen LogP contribution in [0, 0.1) is 0 Å². The average molecular weight is 263 g/mol. The minimum Gasteiger partial charge on any atom is -0.465 e. The van der Waals surface area contributed by atoms with E-state index < -0.39 is 5.97 Å². The summed E-state index contributed by atoms with van der Waals surface area (Å²) in [6, 6.07) is 8.50. The van der Waals surface area contributed by atoms with Crippen molar-refractivity contribution in [3.8, 4) is 11.3 Å². The molecular formula is C13H11ClN2O2. The number of nitrogens with two attached hydrogens (primary N) is 1. The summed E-state index contributed by atoms with van der Waals surface area (Å²) in [5.41, 5.74) is 8.08. The van der Waals surface area contributed by atoms with Crippen molar-refractivity contribution < 1.29 is 9.53 Å². The zero-order chi connectivity index (χ0) is 13.1. The number of carbonyl (C=O) groups is 1. The van der Waals surface area contributed by atoms with Gasteiger partial charge in [0.15, 0.2) is 0 Å². The summed E-state index contributed by atoms with van der Waals surface area (Å²) >= 11 is 6.07. The van der Waals surface area contributed by atoms with E-state index in [2.05, 4.69) is 9.72 Å². The smallest absolute Gasteiger partial charge is 0.339 e. The van der Waals surface area contributed by atoms with Crippen molar-refractivity contribution >= 4 is 23.3 Å². The summed E-state index contributed by atoms with van der Waals surface area (Å²) in [6.45, 7) is 0. The zero-order valence-corrected chi connectivity index (χ0v) is 10.4. The Morgan fingerprint density at radius 3 is 2.72 bits per heavy atom. The van der Waals surface area contributed by atoms with Gasteiger partial charge in [0.25, 0.3) is 0 Å². The van der Waals surface area contributed by atoms with Gasteiger partial charge >= 0.3 is 5.97 Å². The van der Waals surface area contributed by atoms with E-state index in [-0.39, 0.29) is 0 Å². The van der Waals surface area contributed by atoms with Gasteiger partial charge < -0.3 is 10.5 Å². The van der Waals surface area contributed by atoms with Gasteiger partial charge in [-0.2, -0.15) is 0 Å². The number of nitrogen functional groups attached to an aromatic ring is 1. The SMILES string of the molecule is COC(=O)c1ccc(-c2cc(N)ccc2Cl)nc1. The molecule has 0 amide bonds. The van der Waals surface area contributed by atoms with E-state index >= 15 is 0 Å². The molecule has 2 aromatic rings. The van der Waals surface area contributed by atoms with Crippen molar-refractivity contribution in [2.75, 3.05) is 12.8 Å². The Bertz CT molecular complexity index is 582. The first-order valence-corrected chi connectivity index (χ1v) is 5.59. The molecule has 4 nitrogen and oxygen atoms in total. The van der Waals surface area contributed by atoms with Crippen LogP contribution < -0.4 is 5.73 Å². The number of hydrogen-bond donors (Lipinski definition) is 1. The van der Waals surface area contributed by atoms with E-state index in [1.807, 2.05) is 0 Å². The predicted octanol–water partition coefficient (Wildman–Crippen LogP) is 2.77.